The van der Waals surface area contributed by atoms with Crippen LogP contribution in [0.3, 0.4) is 0 Å². The molecule has 0 N–H and O–H groups in total. The van der Waals surface area contributed by atoms with Crippen molar-refractivity contribution in [2.75, 3.05) is 0 Å². The molecule has 0 saturated carbocycles. The molecule has 1 unspecified atom stereocenters. The molecule has 2 aromatic rings. The minimum absolute atomic E-state index is 0.0242. The zero-order valence-electron chi connectivity index (χ0n) is 7.88. The molecule has 0 amide bonds. The second-order valence-corrected chi connectivity index (χ2v) is 3.73. The van der Waals surface area contributed by atoms with Gasteiger partial charge in [0.15, 0.2) is 6.23 Å². The summed E-state index contributed by atoms with van der Waals surface area (Å²) in [5.74, 6) is 0.864. The topological polar surface area (TPSA) is 36.3 Å². The van der Waals surface area contributed by atoms with Crippen LogP contribution in [0.1, 0.15) is 12.6 Å². The van der Waals surface area contributed by atoms with Gasteiger partial charge < -0.3 is 9.47 Å². The van der Waals surface area contributed by atoms with Gasteiger partial charge in [-0.2, -0.15) is 4.98 Å². The molecule has 0 saturated heterocycles. The van der Waals surface area contributed by atoms with Gasteiger partial charge in [0.05, 0.1) is 17.5 Å². The number of para-hydroxylation sites is 2. The van der Waals surface area contributed by atoms with Gasteiger partial charge in [0.1, 0.15) is 12.0 Å². The molecule has 2 aliphatic heterocycles. The van der Waals surface area contributed by atoms with E-state index in [9.17, 15) is 0 Å². The predicted octanol–water partition coefficient (Wildman–Crippen LogP) is 2.19. The van der Waals surface area contributed by atoms with Crippen LogP contribution in [0.2, 0.25) is 0 Å². The zero-order valence-corrected chi connectivity index (χ0v) is 7.88. The molecule has 1 aromatic carbocycles. The minimum atomic E-state index is 0.0242. The van der Waals surface area contributed by atoms with Crippen LogP contribution in [0, 0.1) is 0 Å². The lowest BCUT2D eigenvalue weighted by Gasteiger charge is -2.19. The van der Waals surface area contributed by atoms with E-state index in [2.05, 4.69) is 4.98 Å². The van der Waals surface area contributed by atoms with Crippen molar-refractivity contribution in [3.63, 3.8) is 0 Å². The summed E-state index contributed by atoms with van der Waals surface area (Å²) in [6.45, 7) is 0. The molecule has 74 valence electrons. The number of rotatable bonds is 0. The average molecular weight is 200 g/mol. The van der Waals surface area contributed by atoms with Crippen molar-refractivity contribution in [2.45, 2.75) is 12.6 Å². The number of fused-ring (bicyclic) bond motifs is 6. The fraction of sp³-hybridized carbons (Fsp3) is 0.182. The first-order valence-corrected chi connectivity index (χ1v) is 4.91. The standard InChI is InChI=1S/C11H8N2O2/c1-2-4-9-8(3-1)12-11-13(9)10-5-7(15-11)6-14-10/h1-4,6,10H,5H2. The highest BCUT2D eigenvalue weighted by atomic mass is 16.6. The molecule has 0 aliphatic carbocycles. The number of hydrogen-bond acceptors (Lipinski definition) is 3. The van der Waals surface area contributed by atoms with E-state index in [1.165, 1.54) is 0 Å². The van der Waals surface area contributed by atoms with Crippen LogP contribution >= 0.6 is 0 Å². The normalized spacial score (nSPS) is 21.9. The maximum Gasteiger partial charge on any atom is 0.305 e. The Bertz CT molecular complexity index is 585. The van der Waals surface area contributed by atoms with Crippen molar-refractivity contribution in [3.8, 4) is 6.01 Å². The smallest absolute Gasteiger partial charge is 0.305 e. The molecular formula is C11H8N2O2. The van der Waals surface area contributed by atoms with Crippen molar-refractivity contribution in [1.82, 2.24) is 9.55 Å². The summed E-state index contributed by atoms with van der Waals surface area (Å²) in [6, 6.07) is 8.61. The average Bonchev–Trinajstić information content (AvgIpc) is 2.80. The number of ether oxygens (including phenoxy) is 2. The molecule has 4 rings (SSSR count). The first-order chi connectivity index (χ1) is 7.42. The van der Waals surface area contributed by atoms with Gasteiger partial charge in [-0.05, 0) is 12.1 Å². The Kier molecular flexibility index (Phi) is 1.14. The van der Waals surface area contributed by atoms with Crippen molar-refractivity contribution in [1.29, 1.82) is 0 Å². The molecule has 15 heavy (non-hydrogen) atoms. The van der Waals surface area contributed by atoms with Gasteiger partial charge in [0, 0.05) is 0 Å². The summed E-state index contributed by atoms with van der Waals surface area (Å²) in [6.07, 6.45) is 2.50. The minimum Gasteiger partial charge on any atom is -0.474 e. The van der Waals surface area contributed by atoms with Crippen LogP contribution in [0.5, 0.6) is 6.01 Å². The van der Waals surface area contributed by atoms with Crippen molar-refractivity contribution < 1.29 is 9.47 Å². The third-order valence-electron chi connectivity index (χ3n) is 2.81. The summed E-state index contributed by atoms with van der Waals surface area (Å²) in [5, 5.41) is 0. The van der Waals surface area contributed by atoms with Crippen molar-refractivity contribution in [2.24, 2.45) is 0 Å². The van der Waals surface area contributed by atoms with Gasteiger partial charge in [0.2, 0.25) is 0 Å². The number of aromatic nitrogens is 2. The quantitative estimate of drug-likeness (QED) is 0.654. The SMILES string of the molecule is C1=C2CC(O1)n1c(nc3ccccc31)O2. The number of imidazole rings is 1. The lowest BCUT2D eigenvalue weighted by molar-refractivity contribution is 0.0917. The lowest BCUT2D eigenvalue weighted by atomic mass is 10.3. The molecule has 0 fully saturated rings. The van der Waals surface area contributed by atoms with Crippen molar-refractivity contribution in [3.05, 3.63) is 36.3 Å². The highest BCUT2D eigenvalue weighted by Gasteiger charge is 2.32. The third kappa shape index (κ3) is 0.837. The lowest BCUT2D eigenvalue weighted by Crippen LogP contribution is -2.14. The van der Waals surface area contributed by atoms with E-state index in [0.29, 0.717) is 6.01 Å². The Balaban J connectivity index is 2.08. The Hall–Kier alpha value is -1.97. The Morgan fingerprint density at radius 1 is 1.33 bits per heavy atom. The molecule has 0 radical (unpaired) electrons. The van der Waals surface area contributed by atoms with Crippen LogP contribution in [-0.4, -0.2) is 9.55 Å². The Morgan fingerprint density at radius 3 is 3.27 bits per heavy atom. The molecule has 1 aromatic heterocycles. The van der Waals surface area contributed by atoms with E-state index >= 15 is 0 Å². The summed E-state index contributed by atoms with van der Waals surface area (Å²) in [7, 11) is 0. The fourth-order valence-corrected chi connectivity index (χ4v) is 2.13. The molecule has 3 heterocycles. The van der Waals surface area contributed by atoms with Gasteiger partial charge >= 0.3 is 6.01 Å². The van der Waals surface area contributed by atoms with Gasteiger partial charge in [-0.25, -0.2) is 0 Å². The zero-order chi connectivity index (χ0) is 9.83. The van der Waals surface area contributed by atoms with Gasteiger partial charge in [-0.1, -0.05) is 12.1 Å². The Morgan fingerprint density at radius 2 is 2.27 bits per heavy atom. The molecule has 4 heteroatoms. The second kappa shape index (κ2) is 2.34. The maximum atomic E-state index is 5.60. The van der Waals surface area contributed by atoms with E-state index in [1.54, 1.807) is 6.26 Å². The van der Waals surface area contributed by atoms with Crippen LogP contribution in [0.4, 0.5) is 0 Å². The number of nitrogens with zero attached hydrogens (tertiary/aromatic N) is 2. The van der Waals surface area contributed by atoms with E-state index in [4.69, 9.17) is 9.47 Å². The van der Waals surface area contributed by atoms with E-state index in [1.807, 2.05) is 28.8 Å². The van der Waals surface area contributed by atoms with Gasteiger partial charge in [-0.15, -0.1) is 0 Å². The van der Waals surface area contributed by atoms with Gasteiger partial charge in [0.25, 0.3) is 0 Å². The number of hydrogen-bond donors (Lipinski definition) is 0. The first-order valence-electron chi connectivity index (χ1n) is 4.91. The van der Waals surface area contributed by atoms with E-state index in [-0.39, 0.29) is 6.23 Å². The molecular weight excluding hydrogens is 192 g/mol. The van der Waals surface area contributed by atoms with Crippen LogP contribution in [0.25, 0.3) is 11.0 Å². The molecule has 2 aliphatic rings. The summed E-state index contributed by atoms with van der Waals surface area (Å²) in [4.78, 5) is 4.41. The monoisotopic (exact) mass is 200 g/mol. The molecule has 4 nitrogen and oxygen atoms in total. The summed E-state index contributed by atoms with van der Waals surface area (Å²) < 4.78 is 13.1. The van der Waals surface area contributed by atoms with Crippen LogP contribution in [0.15, 0.2) is 36.3 Å². The molecule has 1 atom stereocenters. The van der Waals surface area contributed by atoms with E-state index in [0.717, 1.165) is 23.2 Å². The summed E-state index contributed by atoms with van der Waals surface area (Å²) in [5.41, 5.74) is 2.01. The molecule has 2 bridgehead atoms. The second-order valence-electron chi connectivity index (χ2n) is 3.73. The largest absolute Gasteiger partial charge is 0.474 e. The number of benzene rings is 1. The predicted molar refractivity (Wildman–Crippen MR) is 53.2 cm³/mol. The van der Waals surface area contributed by atoms with Crippen LogP contribution in [-0.2, 0) is 4.74 Å². The summed E-state index contributed by atoms with van der Waals surface area (Å²) >= 11 is 0. The highest BCUT2D eigenvalue weighted by molar-refractivity contribution is 5.77. The van der Waals surface area contributed by atoms with E-state index < -0.39 is 0 Å². The Labute approximate surface area is 85.7 Å². The highest BCUT2D eigenvalue weighted by Crippen LogP contribution is 2.39. The fourth-order valence-electron chi connectivity index (χ4n) is 2.13. The first kappa shape index (κ1) is 7.34. The molecule has 0 spiro atoms. The van der Waals surface area contributed by atoms with Crippen LogP contribution < -0.4 is 4.74 Å². The van der Waals surface area contributed by atoms with Gasteiger partial charge in [-0.3, -0.25) is 4.57 Å². The maximum absolute atomic E-state index is 5.60. The third-order valence-corrected chi connectivity index (χ3v) is 2.81. The van der Waals surface area contributed by atoms with Crippen molar-refractivity contribution >= 4 is 11.0 Å².